The molecule has 7 nitrogen and oxygen atoms in total. The van der Waals surface area contributed by atoms with Crippen molar-refractivity contribution in [1.82, 2.24) is 9.88 Å². The normalized spacial score (nSPS) is 10.8. The van der Waals surface area contributed by atoms with E-state index in [1.54, 1.807) is 38.6 Å². The van der Waals surface area contributed by atoms with Crippen molar-refractivity contribution in [2.24, 2.45) is 0 Å². The minimum atomic E-state index is -0.379. The molecule has 0 bridgehead atoms. The number of oxazole rings is 1. The number of carbonyl (C=O) groups excluding carboxylic acids is 1. The van der Waals surface area contributed by atoms with Gasteiger partial charge in [-0.2, -0.15) is 0 Å². The van der Waals surface area contributed by atoms with Crippen LogP contribution in [0.25, 0.3) is 11.3 Å². The van der Waals surface area contributed by atoms with Gasteiger partial charge in [0.05, 0.1) is 40.6 Å². The molecule has 0 saturated carbocycles. The second-order valence-corrected chi connectivity index (χ2v) is 6.57. The number of benzene rings is 2. The monoisotopic (exact) mass is 414 g/mol. The molecule has 3 rings (SSSR count). The van der Waals surface area contributed by atoms with Crippen molar-refractivity contribution in [2.45, 2.75) is 13.1 Å². The van der Waals surface area contributed by atoms with Crippen LogP contribution in [0, 0.1) is 5.82 Å². The summed E-state index contributed by atoms with van der Waals surface area (Å²) in [5, 5.41) is 0. The first-order chi connectivity index (χ1) is 14.5. The predicted octanol–water partition coefficient (Wildman–Crippen LogP) is 3.67. The minimum Gasteiger partial charge on any atom is -0.497 e. The summed E-state index contributed by atoms with van der Waals surface area (Å²) < 4.78 is 34.4. The molecule has 0 amide bonds. The van der Waals surface area contributed by atoms with Crippen LogP contribution in [-0.2, 0) is 22.6 Å². The molecule has 158 valence electrons. The van der Waals surface area contributed by atoms with E-state index in [2.05, 4.69) is 4.98 Å². The zero-order valence-electron chi connectivity index (χ0n) is 17.1. The van der Waals surface area contributed by atoms with Gasteiger partial charge in [0.2, 0.25) is 5.89 Å². The van der Waals surface area contributed by atoms with E-state index in [9.17, 15) is 9.18 Å². The Morgan fingerprint density at radius 2 is 1.70 bits per heavy atom. The highest BCUT2D eigenvalue weighted by Crippen LogP contribution is 2.25. The van der Waals surface area contributed by atoms with E-state index in [0.717, 1.165) is 5.56 Å². The van der Waals surface area contributed by atoms with Gasteiger partial charge in [0.1, 0.15) is 17.3 Å². The van der Waals surface area contributed by atoms with E-state index in [1.807, 2.05) is 17.0 Å². The fraction of sp³-hybridized carbons (Fsp3) is 0.273. The molecular formula is C22H23FN2O5. The van der Waals surface area contributed by atoms with Gasteiger partial charge in [0, 0.05) is 18.2 Å². The summed E-state index contributed by atoms with van der Waals surface area (Å²) in [5.41, 5.74) is 1.60. The molecule has 0 spiro atoms. The maximum atomic E-state index is 13.1. The number of ether oxygens (including phenoxy) is 3. The number of hydrogen-bond acceptors (Lipinski definition) is 7. The minimum absolute atomic E-state index is 0.0459. The maximum absolute atomic E-state index is 13.1. The van der Waals surface area contributed by atoms with E-state index in [-0.39, 0.29) is 24.9 Å². The summed E-state index contributed by atoms with van der Waals surface area (Å²) in [7, 11) is 4.50. The van der Waals surface area contributed by atoms with Gasteiger partial charge in [-0.1, -0.05) is 0 Å². The third-order valence-corrected chi connectivity index (χ3v) is 4.44. The zero-order valence-corrected chi connectivity index (χ0v) is 17.1. The highest BCUT2D eigenvalue weighted by atomic mass is 19.1. The quantitative estimate of drug-likeness (QED) is 0.495. The summed E-state index contributed by atoms with van der Waals surface area (Å²) in [6.45, 7) is 0.733. The van der Waals surface area contributed by atoms with E-state index in [1.165, 1.54) is 19.2 Å². The number of carbonyl (C=O) groups is 1. The van der Waals surface area contributed by atoms with Gasteiger partial charge < -0.3 is 18.6 Å². The van der Waals surface area contributed by atoms with Crippen LogP contribution in [-0.4, -0.2) is 43.7 Å². The van der Waals surface area contributed by atoms with Crippen LogP contribution in [0.4, 0.5) is 4.39 Å². The summed E-state index contributed by atoms with van der Waals surface area (Å²) in [6.07, 6.45) is 1.58. The topological polar surface area (TPSA) is 74.0 Å². The van der Waals surface area contributed by atoms with Gasteiger partial charge in [0.15, 0.2) is 5.76 Å². The molecule has 0 atom stereocenters. The van der Waals surface area contributed by atoms with Gasteiger partial charge >= 0.3 is 5.97 Å². The average molecular weight is 414 g/mol. The third-order valence-electron chi connectivity index (χ3n) is 4.44. The van der Waals surface area contributed by atoms with Gasteiger partial charge in [-0.05, 0) is 42.0 Å². The highest BCUT2D eigenvalue weighted by Gasteiger charge is 2.17. The van der Waals surface area contributed by atoms with Crippen molar-refractivity contribution >= 4 is 5.97 Å². The molecule has 2 aromatic carbocycles. The Morgan fingerprint density at radius 1 is 1.03 bits per heavy atom. The number of aromatic nitrogens is 1. The molecule has 8 heteroatoms. The summed E-state index contributed by atoms with van der Waals surface area (Å²) in [6, 6.07) is 11.5. The van der Waals surface area contributed by atoms with Gasteiger partial charge in [-0.3, -0.25) is 9.69 Å². The molecule has 0 unspecified atom stereocenters. The Balaban J connectivity index is 1.79. The van der Waals surface area contributed by atoms with Crippen LogP contribution >= 0.6 is 0 Å². The second-order valence-electron chi connectivity index (χ2n) is 6.57. The van der Waals surface area contributed by atoms with Crippen molar-refractivity contribution in [2.75, 3.05) is 27.9 Å². The molecule has 0 aliphatic heterocycles. The fourth-order valence-corrected chi connectivity index (χ4v) is 2.95. The Kier molecular flexibility index (Phi) is 7.03. The van der Waals surface area contributed by atoms with E-state index in [4.69, 9.17) is 18.6 Å². The fourth-order valence-electron chi connectivity index (χ4n) is 2.95. The van der Waals surface area contributed by atoms with Crippen LogP contribution in [0.15, 0.2) is 53.1 Å². The first-order valence-corrected chi connectivity index (χ1v) is 9.22. The lowest BCUT2D eigenvalue weighted by Gasteiger charge is -2.20. The molecule has 3 aromatic rings. The van der Waals surface area contributed by atoms with Crippen LogP contribution in [0.1, 0.15) is 11.5 Å². The molecule has 1 heterocycles. The van der Waals surface area contributed by atoms with Crippen molar-refractivity contribution < 1.29 is 27.8 Å². The number of halogens is 1. The van der Waals surface area contributed by atoms with Crippen LogP contribution in [0.3, 0.4) is 0 Å². The Morgan fingerprint density at radius 3 is 2.30 bits per heavy atom. The van der Waals surface area contributed by atoms with E-state index < -0.39 is 0 Å². The molecule has 0 radical (unpaired) electrons. The molecule has 30 heavy (non-hydrogen) atoms. The third kappa shape index (κ3) is 5.57. The Bertz CT molecular complexity index is 965. The van der Waals surface area contributed by atoms with Crippen LogP contribution < -0.4 is 9.47 Å². The maximum Gasteiger partial charge on any atom is 0.319 e. The molecule has 0 saturated heterocycles. The van der Waals surface area contributed by atoms with Crippen molar-refractivity contribution in [3.63, 3.8) is 0 Å². The Labute approximate surface area is 174 Å². The van der Waals surface area contributed by atoms with Crippen LogP contribution in [0.5, 0.6) is 11.5 Å². The SMILES string of the molecule is COC(=O)CN(Cc1cc(OC)cc(OC)c1)Cc1ncc(-c2ccc(F)cc2)o1. The molecule has 0 fully saturated rings. The summed E-state index contributed by atoms with van der Waals surface area (Å²) in [5.74, 6) is 1.54. The van der Waals surface area contributed by atoms with Gasteiger partial charge in [0.25, 0.3) is 0 Å². The molecule has 0 aliphatic carbocycles. The summed E-state index contributed by atoms with van der Waals surface area (Å²) in [4.78, 5) is 18.0. The zero-order chi connectivity index (χ0) is 21.5. The second kappa shape index (κ2) is 9.89. The van der Waals surface area contributed by atoms with Gasteiger partial charge in [-0.15, -0.1) is 0 Å². The van der Waals surface area contributed by atoms with Crippen molar-refractivity contribution in [3.8, 4) is 22.8 Å². The van der Waals surface area contributed by atoms with Gasteiger partial charge in [-0.25, -0.2) is 9.37 Å². The molecule has 0 aliphatic rings. The number of methoxy groups -OCH3 is 3. The highest BCUT2D eigenvalue weighted by molar-refractivity contribution is 5.71. The largest absolute Gasteiger partial charge is 0.497 e. The number of esters is 1. The number of rotatable bonds is 9. The lowest BCUT2D eigenvalue weighted by Crippen LogP contribution is -2.30. The van der Waals surface area contributed by atoms with E-state index in [0.29, 0.717) is 35.3 Å². The number of nitrogens with zero attached hydrogens (tertiary/aromatic N) is 2. The van der Waals surface area contributed by atoms with Crippen LogP contribution in [0.2, 0.25) is 0 Å². The van der Waals surface area contributed by atoms with Crippen molar-refractivity contribution in [3.05, 3.63) is 65.9 Å². The molecule has 0 N–H and O–H groups in total. The Hall–Kier alpha value is -3.39. The molecule has 1 aromatic heterocycles. The lowest BCUT2D eigenvalue weighted by atomic mass is 10.2. The summed E-state index contributed by atoms with van der Waals surface area (Å²) >= 11 is 0. The number of hydrogen-bond donors (Lipinski definition) is 0. The predicted molar refractivity (Wildman–Crippen MR) is 108 cm³/mol. The first-order valence-electron chi connectivity index (χ1n) is 9.22. The standard InChI is InChI=1S/C22H23FN2O5/c1-27-18-8-15(9-19(10-18)28-2)12-25(14-22(26)29-3)13-21-24-11-20(30-21)16-4-6-17(23)7-5-16/h4-11H,12-14H2,1-3H3. The average Bonchev–Trinajstić information content (AvgIpc) is 3.22. The first kappa shape index (κ1) is 21.3. The van der Waals surface area contributed by atoms with E-state index >= 15 is 0 Å². The van der Waals surface area contributed by atoms with Crippen molar-refractivity contribution in [1.29, 1.82) is 0 Å². The molecular weight excluding hydrogens is 391 g/mol. The smallest absolute Gasteiger partial charge is 0.319 e. The lowest BCUT2D eigenvalue weighted by molar-refractivity contribution is -0.142.